The quantitative estimate of drug-likeness (QED) is 0.813. The summed E-state index contributed by atoms with van der Waals surface area (Å²) in [6, 6.07) is 4.44. The average molecular weight is 220 g/mol. The number of nitrogens with one attached hydrogen (secondary N) is 1. The summed E-state index contributed by atoms with van der Waals surface area (Å²) in [6.07, 6.45) is 4.79. The first kappa shape index (κ1) is 11.6. The van der Waals surface area contributed by atoms with Crippen LogP contribution < -0.4 is 5.32 Å². The van der Waals surface area contributed by atoms with Crippen molar-refractivity contribution >= 4 is 0 Å². The molecule has 0 radical (unpaired) electrons. The number of fused-ring (bicyclic) bond motifs is 1. The van der Waals surface area contributed by atoms with Gasteiger partial charge in [0.05, 0.1) is 17.3 Å². The van der Waals surface area contributed by atoms with Crippen molar-refractivity contribution < 1.29 is 5.11 Å². The molecule has 0 bridgehead atoms. The molecule has 1 aromatic heterocycles. The van der Waals surface area contributed by atoms with Crippen molar-refractivity contribution in [2.45, 2.75) is 44.8 Å². The van der Waals surface area contributed by atoms with Gasteiger partial charge in [0, 0.05) is 12.7 Å². The lowest BCUT2D eigenvalue weighted by Crippen LogP contribution is -2.38. The van der Waals surface area contributed by atoms with Crippen molar-refractivity contribution in [3.8, 4) is 0 Å². The van der Waals surface area contributed by atoms with E-state index in [9.17, 15) is 5.11 Å². The van der Waals surface area contributed by atoms with E-state index in [4.69, 9.17) is 0 Å². The smallest absolute Gasteiger partial charge is 0.0741 e. The fraction of sp³-hybridized carbons (Fsp3) is 0.615. The molecule has 88 valence electrons. The van der Waals surface area contributed by atoms with E-state index >= 15 is 0 Å². The van der Waals surface area contributed by atoms with Crippen LogP contribution in [0.2, 0.25) is 0 Å². The van der Waals surface area contributed by atoms with Crippen LogP contribution in [0.3, 0.4) is 0 Å². The van der Waals surface area contributed by atoms with Crippen LogP contribution in [-0.2, 0) is 6.42 Å². The highest BCUT2D eigenvalue weighted by Gasteiger charge is 2.26. The Morgan fingerprint density at radius 3 is 3.19 bits per heavy atom. The molecule has 2 rings (SSSR count). The van der Waals surface area contributed by atoms with Gasteiger partial charge in [0.15, 0.2) is 0 Å². The van der Waals surface area contributed by atoms with Gasteiger partial charge in [-0.1, -0.05) is 13.0 Å². The van der Waals surface area contributed by atoms with Crippen LogP contribution in [0.1, 0.15) is 44.0 Å². The average Bonchev–Trinajstić information content (AvgIpc) is 2.70. The Morgan fingerprint density at radius 2 is 2.44 bits per heavy atom. The lowest BCUT2D eigenvalue weighted by Gasteiger charge is -2.24. The molecule has 16 heavy (non-hydrogen) atoms. The second kappa shape index (κ2) is 4.52. The van der Waals surface area contributed by atoms with Gasteiger partial charge in [-0.2, -0.15) is 0 Å². The fourth-order valence-electron chi connectivity index (χ4n) is 2.08. The first-order valence-electron chi connectivity index (χ1n) is 6.02. The Bertz CT molecular complexity index is 363. The first-order valence-corrected chi connectivity index (χ1v) is 6.02. The Kier molecular flexibility index (Phi) is 3.26. The third kappa shape index (κ3) is 2.42. The minimum atomic E-state index is -0.614. The van der Waals surface area contributed by atoms with Crippen LogP contribution >= 0.6 is 0 Å². The zero-order valence-corrected chi connectivity index (χ0v) is 10.0. The second-order valence-corrected chi connectivity index (χ2v) is 4.87. The summed E-state index contributed by atoms with van der Waals surface area (Å²) in [4.78, 5) is 4.42. The molecule has 0 amide bonds. The third-order valence-electron chi connectivity index (χ3n) is 3.45. The molecule has 1 aliphatic rings. The molecule has 1 aromatic rings. The Morgan fingerprint density at radius 1 is 1.62 bits per heavy atom. The third-order valence-corrected chi connectivity index (χ3v) is 3.45. The minimum Gasteiger partial charge on any atom is -0.389 e. The van der Waals surface area contributed by atoms with Crippen molar-refractivity contribution in [2.75, 3.05) is 6.54 Å². The predicted octanol–water partition coefficient (Wildman–Crippen LogP) is 1.82. The number of nitrogens with zero attached hydrogens (tertiary/aromatic N) is 1. The van der Waals surface area contributed by atoms with Crippen molar-refractivity contribution in [3.05, 3.63) is 29.6 Å². The summed E-state index contributed by atoms with van der Waals surface area (Å²) in [5, 5.41) is 13.4. The van der Waals surface area contributed by atoms with Gasteiger partial charge >= 0.3 is 0 Å². The van der Waals surface area contributed by atoms with Crippen LogP contribution in [0.4, 0.5) is 0 Å². The molecular formula is C13H20N2O. The summed E-state index contributed by atoms with van der Waals surface area (Å²) in [6.45, 7) is 4.50. The molecule has 0 saturated heterocycles. The highest BCUT2D eigenvalue weighted by atomic mass is 16.3. The SMILES string of the molecule is CCC(C)(O)CNC1CCc2cccnc21. The molecule has 2 unspecified atom stereocenters. The number of aryl methyl sites for hydroxylation is 1. The second-order valence-electron chi connectivity index (χ2n) is 4.87. The summed E-state index contributed by atoms with van der Waals surface area (Å²) in [5.41, 5.74) is 1.89. The molecule has 2 N–H and O–H groups in total. The maximum absolute atomic E-state index is 9.95. The van der Waals surface area contributed by atoms with E-state index in [1.165, 1.54) is 5.56 Å². The number of hydrogen-bond donors (Lipinski definition) is 2. The van der Waals surface area contributed by atoms with E-state index in [-0.39, 0.29) is 0 Å². The highest BCUT2D eigenvalue weighted by molar-refractivity contribution is 5.27. The van der Waals surface area contributed by atoms with Gasteiger partial charge in [-0.15, -0.1) is 0 Å². The zero-order valence-electron chi connectivity index (χ0n) is 10.0. The summed E-state index contributed by atoms with van der Waals surface area (Å²) in [5.74, 6) is 0. The first-order chi connectivity index (χ1) is 7.62. The van der Waals surface area contributed by atoms with Crippen LogP contribution in [0.15, 0.2) is 18.3 Å². The maximum atomic E-state index is 9.95. The molecule has 0 saturated carbocycles. The van der Waals surface area contributed by atoms with Gasteiger partial charge in [-0.25, -0.2) is 0 Å². The molecule has 3 nitrogen and oxygen atoms in total. The standard InChI is InChI=1S/C13H20N2O/c1-3-13(2,16)9-15-11-7-6-10-5-4-8-14-12(10)11/h4-5,8,11,15-16H,3,6-7,9H2,1-2H3. The number of rotatable bonds is 4. The van der Waals surface area contributed by atoms with Crippen LogP contribution in [0, 0.1) is 0 Å². The van der Waals surface area contributed by atoms with Crippen LogP contribution in [0.25, 0.3) is 0 Å². The molecule has 1 aliphatic carbocycles. The summed E-state index contributed by atoms with van der Waals surface area (Å²) in [7, 11) is 0. The van der Waals surface area contributed by atoms with E-state index in [0.717, 1.165) is 25.0 Å². The normalized spacial score (nSPS) is 22.8. The molecule has 0 aromatic carbocycles. The van der Waals surface area contributed by atoms with Crippen molar-refractivity contribution in [1.82, 2.24) is 10.3 Å². The van der Waals surface area contributed by atoms with E-state index < -0.39 is 5.60 Å². The predicted molar refractivity (Wildman–Crippen MR) is 64.2 cm³/mol. The largest absolute Gasteiger partial charge is 0.389 e. The number of aliphatic hydroxyl groups is 1. The number of hydrogen-bond acceptors (Lipinski definition) is 3. The lowest BCUT2D eigenvalue weighted by molar-refractivity contribution is 0.0527. The van der Waals surface area contributed by atoms with Gasteiger partial charge in [-0.05, 0) is 37.8 Å². The van der Waals surface area contributed by atoms with Crippen molar-refractivity contribution in [3.63, 3.8) is 0 Å². The molecular weight excluding hydrogens is 200 g/mol. The van der Waals surface area contributed by atoms with Gasteiger partial charge in [-0.3, -0.25) is 4.98 Å². The van der Waals surface area contributed by atoms with Gasteiger partial charge in [0.25, 0.3) is 0 Å². The van der Waals surface area contributed by atoms with Gasteiger partial charge in [0.1, 0.15) is 0 Å². The van der Waals surface area contributed by atoms with Gasteiger partial charge in [0.2, 0.25) is 0 Å². The molecule has 0 aliphatic heterocycles. The molecule has 3 heteroatoms. The maximum Gasteiger partial charge on any atom is 0.0741 e. The van der Waals surface area contributed by atoms with E-state index in [1.807, 2.05) is 26.1 Å². The minimum absolute atomic E-state index is 0.314. The van der Waals surface area contributed by atoms with Crippen LogP contribution in [-0.4, -0.2) is 22.2 Å². The monoisotopic (exact) mass is 220 g/mol. The zero-order chi connectivity index (χ0) is 11.6. The van der Waals surface area contributed by atoms with E-state index in [0.29, 0.717) is 12.6 Å². The highest BCUT2D eigenvalue weighted by Crippen LogP contribution is 2.29. The molecule has 0 fully saturated rings. The molecule has 1 heterocycles. The van der Waals surface area contributed by atoms with Gasteiger partial charge < -0.3 is 10.4 Å². The molecule has 0 spiro atoms. The van der Waals surface area contributed by atoms with Crippen molar-refractivity contribution in [2.24, 2.45) is 0 Å². The number of aromatic nitrogens is 1. The Labute approximate surface area is 96.9 Å². The topological polar surface area (TPSA) is 45.1 Å². The lowest BCUT2D eigenvalue weighted by atomic mass is 10.0. The Hall–Kier alpha value is -0.930. The Balaban J connectivity index is 1.99. The van der Waals surface area contributed by atoms with E-state index in [1.54, 1.807) is 0 Å². The van der Waals surface area contributed by atoms with Crippen LogP contribution in [0.5, 0.6) is 0 Å². The van der Waals surface area contributed by atoms with E-state index in [2.05, 4.69) is 16.4 Å². The summed E-state index contributed by atoms with van der Waals surface area (Å²) >= 11 is 0. The summed E-state index contributed by atoms with van der Waals surface area (Å²) < 4.78 is 0. The fourth-order valence-corrected chi connectivity index (χ4v) is 2.08. The molecule has 2 atom stereocenters. The van der Waals surface area contributed by atoms with Crippen molar-refractivity contribution in [1.29, 1.82) is 0 Å². The number of pyridine rings is 1.